The van der Waals surface area contributed by atoms with Gasteiger partial charge >= 0.3 is 0 Å². The molecule has 1 unspecified atom stereocenters. The van der Waals surface area contributed by atoms with Crippen molar-refractivity contribution in [3.8, 4) is 0 Å². The first kappa shape index (κ1) is 14.5. The number of nitrogens with zero attached hydrogens (tertiary/aromatic N) is 1. The van der Waals surface area contributed by atoms with E-state index in [1.54, 1.807) is 10.4 Å². The van der Waals surface area contributed by atoms with Gasteiger partial charge in [-0.3, -0.25) is 0 Å². The van der Waals surface area contributed by atoms with E-state index in [-0.39, 0.29) is 0 Å². The molecular weight excluding hydrogens is 260 g/mol. The summed E-state index contributed by atoms with van der Waals surface area (Å²) in [5, 5.41) is 3.12. The summed E-state index contributed by atoms with van der Waals surface area (Å²) in [6, 6.07) is 5.51. The second-order valence-electron chi connectivity index (χ2n) is 5.34. The third kappa shape index (κ3) is 2.99. The van der Waals surface area contributed by atoms with Crippen LogP contribution in [0.25, 0.3) is 0 Å². The summed E-state index contributed by atoms with van der Waals surface area (Å²) < 4.78 is 26.9. The Morgan fingerprint density at radius 3 is 2.74 bits per heavy atom. The molecule has 0 aromatic heterocycles. The van der Waals surface area contributed by atoms with Crippen LogP contribution in [0.1, 0.15) is 17.5 Å². The summed E-state index contributed by atoms with van der Waals surface area (Å²) >= 11 is 0. The van der Waals surface area contributed by atoms with E-state index >= 15 is 0 Å². The number of sulfonamides is 1. The molecule has 2 rings (SSSR count). The lowest BCUT2D eigenvalue weighted by Crippen LogP contribution is -2.30. The molecule has 0 spiro atoms. The molecule has 5 heteroatoms. The number of aryl methyl sites for hydroxylation is 2. The first-order chi connectivity index (χ1) is 8.95. The number of hydrogen-bond acceptors (Lipinski definition) is 3. The minimum atomic E-state index is -3.33. The summed E-state index contributed by atoms with van der Waals surface area (Å²) in [5.41, 5.74) is 1.92. The molecular formula is C14H22N2O2S. The highest BCUT2D eigenvalue weighted by atomic mass is 32.2. The van der Waals surface area contributed by atoms with Crippen LogP contribution in [0.15, 0.2) is 23.1 Å². The molecule has 1 saturated heterocycles. The van der Waals surface area contributed by atoms with Gasteiger partial charge in [-0.15, -0.1) is 0 Å². The summed E-state index contributed by atoms with van der Waals surface area (Å²) in [6.45, 7) is 5.96. The zero-order valence-electron chi connectivity index (χ0n) is 11.8. The molecule has 0 radical (unpaired) electrons. The Morgan fingerprint density at radius 1 is 1.37 bits per heavy atom. The van der Waals surface area contributed by atoms with Crippen molar-refractivity contribution >= 4 is 10.0 Å². The third-order valence-electron chi connectivity index (χ3n) is 3.69. The molecule has 1 heterocycles. The minimum absolute atomic E-state index is 0.422. The van der Waals surface area contributed by atoms with E-state index in [0.29, 0.717) is 23.9 Å². The molecule has 0 aliphatic carbocycles. The Morgan fingerprint density at radius 2 is 2.11 bits per heavy atom. The van der Waals surface area contributed by atoms with Crippen LogP contribution in [0.2, 0.25) is 0 Å². The van der Waals surface area contributed by atoms with E-state index in [0.717, 1.165) is 24.1 Å². The Kier molecular flexibility index (Phi) is 4.28. The molecule has 0 bridgehead atoms. The summed E-state index contributed by atoms with van der Waals surface area (Å²) in [6.07, 6.45) is 0.935. The van der Waals surface area contributed by atoms with Crippen molar-refractivity contribution < 1.29 is 8.42 Å². The van der Waals surface area contributed by atoms with Crippen LogP contribution < -0.4 is 5.32 Å². The molecule has 106 valence electrons. The summed E-state index contributed by atoms with van der Waals surface area (Å²) in [5.74, 6) is 0.422. The van der Waals surface area contributed by atoms with E-state index in [1.807, 2.05) is 33.0 Å². The number of nitrogens with one attached hydrogen (secondary N) is 1. The maximum atomic E-state index is 12.6. The van der Waals surface area contributed by atoms with Gasteiger partial charge in [-0.25, -0.2) is 8.42 Å². The van der Waals surface area contributed by atoms with Gasteiger partial charge in [0.2, 0.25) is 10.0 Å². The fourth-order valence-corrected chi connectivity index (χ4v) is 4.44. The van der Waals surface area contributed by atoms with Crippen molar-refractivity contribution in [3.05, 3.63) is 29.3 Å². The van der Waals surface area contributed by atoms with Crippen LogP contribution in [0.4, 0.5) is 0 Å². The maximum absolute atomic E-state index is 12.6. The smallest absolute Gasteiger partial charge is 0.243 e. The van der Waals surface area contributed by atoms with Crippen LogP contribution >= 0.6 is 0 Å². The van der Waals surface area contributed by atoms with Gasteiger partial charge in [0, 0.05) is 13.1 Å². The highest BCUT2D eigenvalue weighted by molar-refractivity contribution is 7.89. The minimum Gasteiger partial charge on any atom is -0.319 e. The predicted octanol–water partition coefficient (Wildman–Crippen LogP) is 1.53. The summed E-state index contributed by atoms with van der Waals surface area (Å²) in [7, 11) is -1.43. The van der Waals surface area contributed by atoms with Gasteiger partial charge in [-0.2, -0.15) is 4.31 Å². The average Bonchev–Trinajstić information content (AvgIpc) is 2.78. The number of hydrogen-bond donors (Lipinski definition) is 1. The third-order valence-corrected chi connectivity index (χ3v) is 5.71. The normalized spacial score (nSPS) is 20.9. The predicted molar refractivity (Wildman–Crippen MR) is 76.7 cm³/mol. The van der Waals surface area contributed by atoms with Gasteiger partial charge < -0.3 is 5.32 Å². The van der Waals surface area contributed by atoms with Crippen molar-refractivity contribution in [2.45, 2.75) is 25.2 Å². The van der Waals surface area contributed by atoms with Crippen molar-refractivity contribution in [1.29, 1.82) is 0 Å². The van der Waals surface area contributed by atoms with Gasteiger partial charge in [0.25, 0.3) is 0 Å². The van der Waals surface area contributed by atoms with E-state index in [9.17, 15) is 8.42 Å². The highest BCUT2D eigenvalue weighted by Crippen LogP contribution is 2.26. The van der Waals surface area contributed by atoms with Crippen molar-refractivity contribution in [3.63, 3.8) is 0 Å². The Bertz CT molecular complexity index is 555. The summed E-state index contributed by atoms with van der Waals surface area (Å²) in [4.78, 5) is 0.447. The maximum Gasteiger partial charge on any atom is 0.243 e. The van der Waals surface area contributed by atoms with E-state index in [2.05, 4.69) is 5.32 Å². The van der Waals surface area contributed by atoms with Crippen LogP contribution in [0.3, 0.4) is 0 Å². The van der Waals surface area contributed by atoms with Gasteiger partial charge in [0.1, 0.15) is 0 Å². The lowest BCUT2D eigenvalue weighted by atomic mass is 10.1. The quantitative estimate of drug-likeness (QED) is 0.911. The molecule has 1 aromatic rings. The topological polar surface area (TPSA) is 49.4 Å². The average molecular weight is 282 g/mol. The van der Waals surface area contributed by atoms with Gasteiger partial charge in [-0.05, 0) is 51.4 Å². The van der Waals surface area contributed by atoms with E-state index < -0.39 is 10.0 Å². The number of rotatable bonds is 4. The van der Waals surface area contributed by atoms with Crippen molar-refractivity contribution in [2.75, 3.05) is 26.7 Å². The van der Waals surface area contributed by atoms with Crippen LogP contribution in [-0.4, -0.2) is 39.4 Å². The Balaban J connectivity index is 2.23. The SMILES string of the molecule is CNCC1CCN(S(=O)(=O)c2ccc(C)cc2C)C1. The van der Waals surface area contributed by atoms with Gasteiger partial charge in [0.05, 0.1) is 4.90 Å². The molecule has 4 nitrogen and oxygen atoms in total. The monoisotopic (exact) mass is 282 g/mol. The van der Waals surface area contributed by atoms with Crippen LogP contribution in [0.5, 0.6) is 0 Å². The zero-order chi connectivity index (χ0) is 14.0. The number of benzene rings is 1. The largest absolute Gasteiger partial charge is 0.319 e. The fraction of sp³-hybridized carbons (Fsp3) is 0.571. The molecule has 1 fully saturated rings. The second-order valence-corrected chi connectivity index (χ2v) is 7.25. The lowest BCUT2D eigenvalue weighted by molar-refractivity contribution is 0.451. The molecule has 1 aliphatic rings. The van der Waals surface area contributed by atoms with E-state index in [4.69, 9.17) is 0 Å². The molecule has 1 aromatic carbocycles. The van der Waals surface area contributed by atoms with Crippen molar-refractivity contribution in [2.24, 2.45) is 5.92 Å². The Hall–Kier alpha value is -0.910. The second kappa shape index (κ2) is 5.61. The molecule has 1 N–H and O–H groups in total. The van der Waals surface area contributed by atoms with Crippen LogP contribution in [0, 0.1) is 19.8 Å². The fourth-order valence-electron chi connectivity index (χ4n) is 2.70. The molecule has 1 aliphatic heterocycles. The van der Waals surface area contributed by atoms with Crippen molar-refractivity contribution in [1.82, 2.24) is 9.62 Å². The first-order valence-electron chi connectivity index (χ1n) is 6.67. The van der Waals surface area contributed by atoms with Gasteiger partial charge in [-0.1, -0.05) is 17.7 Å². The molecule has 1 atom stereocenters. The highest BCUT2D eigenvalue weighted by Gasteiger charge is 2.32. The zero-order valence-corrected chi connectivity index (χ0v) is 12.6. The lowest BCUT2D eigenvalue weighted by Gasteiger charge is -2.18. The first-order valence-corrected chi connectivity index (χ1v) is 8.11. The molecule has 0 amide bonds. The van der Waals surface area contributed by atoms with Gasteiger partial charge in [0.15, 0.2) is 0 Å². The van der Waals surface area contributed by atoms with E-state index in [1.165, 1.54) is 0 Å². The van der Waals surface area contributed by atoms with Crippen LogP contribution in [-0.2, 0) is 10.0 Å². The standard InChI is InChI=1S/C14H22N2O2S/c1-11-4-5-14(12(2)8-11)19(17,18)16-7-6-13(10-16)9-15-3/h4-5,8,13,15H,6-7,9-10H2,1-3H3. The molecule has 0 saturated carbocycles. The molecule has 19 heavy (non-hydrogen) atoms. The Labute approximate surface area is 115 Å².